The molecule has 9 heteroatoms. The number of aromatic nitrogens is 2. The predicted octanol–water partition coefficient (Wildman–Crippen LogP) is 2.35. The van der Waals surface area contributed by atoms with Crippen molar-refractivity contribution in [2.75, 3.05) is 30.9 Å². The minimum absolute atomic E-state index is 0.497. The third kappa shape index (κ3) is 3.47. The fourth-order valence-corrected chi connectivity index (χ4v) is 2.98. The van der Waals surface area contributed by atoms with Gasteiger partial charge in [0.15, 0.2) is 11.5 Å². The Balaban J connectivity index is 2.03. The second-order valence-electron chi connectivity index (χ2n) is 5.40. The first kappa shape index (κ1) is 17.7. The number of rotatable bonds is 6. The van der Waals surface area contributed by atoms with Crippen LogP contribution in [0.2, 0.25) is 0 Å². The van der Waals surface area contributed by atoms with E-state index in [9.17, 15) is 8.42 Å². The Labute approximate surface area is 152 Å². The molecule has 0 aliphatic rings. The fourth-order valence-electron chi connectivity index (χ4n) is 2.62. The van der Waals surface area contributed by atoms with Crippen LogP contribution in [0.4, 0.5) is 17.2 Å². The molecule has 8 nitrogen and oxygen atoms in total. The van der Waals surface area contributed by atoms with Crippen LogP contribution in [0.15, 0.2) is 42.7 Å². The van der Waals surface area contributed by atoms with Crippen molar-refractivity contribution in [3.05, 3.63) is 42.7 Å². The van der Waals surface area contributed by atoms with Gasteiger partial charge in [-0.1, -0.05) is 0 Å². The zero-order valence-corrected chi connectivity index (χ0v) is 15.4. The van der Waals surface area contributed by atoms with Gasteiger partial charge in [0.05, 0.1) is 19.7 Å². The maximum Gasteiger partial charge on any atom is 0.222 e. The number of hydrogen-bond donors (Lipinski definition) is 2. The Morgan fingerprint density at radius 1 is 1.00 bits per heavy atom. The molecule has 0 aliphatic heterocycles. The molecule has 0 radical (unpaired) electrons. The molecule has 0 unspecified atom stereocenters. The quantitative estimate of drug-likeness (QED) is 0.640. The second-order valence-corrected chi connectivity index (χ2v) is 6.13. The minimum Gasteiger partial charge on any atom is -0.493 e. The summed E-state index contributed by atoms with van der Waals surface area (Å²) in [6, 6.07) is 10.6. The lowest BCUT2D eigenvalue weighted by Gasteiger charge is -2.20. The number of fused-ring (bicyclic) bond motifs is 1. The van der Waals surface area contributed by atoms with Crippen molar-refractivity contribution in [3.8, 4) is 11.5 Å². The largest absolute Gasteiger partial charge is 0.493 e. The summed E-state index contributed by atoms with van der Waals surface area (Å²) in [6.07, 6.45) is 1.48. The van der Waals surface area contributed by atoms with Crippen molar-refractivity contribution in [1.29, 1.82) is 0 Å². The highest BCUT2D eigenvalue weighted by Gasteiger charge is 2.14. The van der Waals surface area contributed by atoms with E-state index in [1.54, 1.807) is 44.6 Å². The van der Waals surface area contributed by atoms with Crippen LogP contribution in [0.3, 0.4) is 0 Å². The lowest BCUT2D eigenvalue weighted by atomic mass is 10.2. The Hall–Kier alpha value is -3.07. The lowest BCUT2D eigenvalue weighted by Crippen LogP contribution is -2.12. The Morgan fingerprint density at radius 2 is 1.65 bits per heavy atom. The van der Waals surface area contributed by atoms with Crippen LogP contribution in [0.5, 0.6) is 11.5 Å². The van der Waals surface area contributed by atoms with Crippen molar-refractivity contribution in [1.82, 2.24) is 9.97 Å². The molecular weight excluding hydrogens is 356 g/mol. The van der Waals surface area contributed by atoms with Crippen LogP contribution in [-0.2, 0) is 10.9 Å². The number of ether oxygens (including phenoxy) is 2. The van der Waals surface area contributed by atoms with Gasteiger partial charge in [-0.05, 0) is 30.3 Å². The maximum atomic E-state index is 10.7. The zero-order chi connectivity index (χ0) is 18.7. The number of anilines is 3. The smallest absolute Gasteiger partial charge is 0.222 e. The molecule has 0 atom stereocenters. The molecule has 2 aromatic carbocycles. The molecule has 26 heavy (non-hydrogen) atoms. The monoisotopic (exact) mass is 374 g/mol. The summed E-state index contributed by atoms with van der Waals surface area (Å²) in [4.78, 5) is 10.6. The molecule has 0 amide bonds. The highest BCUT2D eigenvalue weighted by atomic mass is 32.2. The molecule has 1 aromatic heterocycles. The number of benzene rings is 2. The maximum absolute atomic E-state index is 10.7. The topological polar surface area (TPSA) is 93.7 Å². The van der Waals surface area contributed by atoms with Crippen molar-refractivity contribution >= 4 is 39.0 Å². The van der Waals surface area contributed by atoms with Gasteiger partial charge in [-0.25, -0.2) is 18.4 Å². The number of methoxy groups -OCH3 is 2. The van der Waals surface area contributed by atoms with Crippen LogP contribution in [0.1, 0.15) is 0 Å². The molecule has 1 heterocycles. The number of nitrogens with one attached hydrogen (secondary N) is 1. The summed E-state index contributed by atoms with van der Waals surface area (Å²) < 4.78 is 34.5. The Kier molecular flexibility index (Phi) is 5.08. The van der Waals surface area contributed by atoms with Crippen LogP contribution in [0, 0.1) is 0 Å². The van der Waals surface area contributed by atoms with E-state index < -0.39 is 10.9 Å². The first-order valence-corrected chi connectivity index (χ1v) is 8.83. The van der Waals surface area contributed by atoms with Crippen molar-refractivity contribution in [2.24, 2.45) is 0 Å². The third-order valence-electron chi connectivity index (χ3n) is 3.91. The van der Waals surface area contributed by atoms with Crippen LogP contribution < -0.4 is 19.1 Å². The van der Waals surface area contributed by atoms with E-state index in [0.717, 1.165) is 16.6 Å². The summed E-state index contributed by atoms with van der Waals surface area (Å²) in [5.41, 5.74) is 2.06. The van der Waals surface area contributed by atoms with Gasteiger partial charge < -0.3 is 14.4 Å². The van der Waals surface area contributed by atoms with Gasteiger partial charge in [-0.2, -0.15) is 0 Å². The Bertz CT molecular complexity index is 998. The van der Waals surface area contributed by atoms with E-state index in [-0.39, 0.29) is 0 Å². The summed E-state index contributed by atoms with van der Waals surface area (Å²) in [5, 5.41) is 0.803. The van der Waals surface area contributed by atoms with E-state index in [0.29, 0.717) is 23.0 Å². The van der Waals surface area contributed by atoms with Gasteiger partial charge in [0.2, 0.25) is 10.9 Å². The first-order valence-electron chi connectivity index (χ1n) is 7.65. The minimum atomic E-state index is -2.69. The Morgan fingerprint density at radius 3 is 2.27 bits per heavy atom. The summed E-state index contributed by atoms with van der Waals surface area (Å²) in [6.45, 7) is 0. The molecule has 0 saturated carbocycles. The summed E-state index contributed by atoms with van der Waals surface area (Å²) >= 11 is 0. The molecule has 1 N–H and O–H groups in total. The van der Waals surface area contributed by atoms with E-state index in [1.807, 2.05) is 18.0 Å². The van der Waals surface area contributed by atoms with Gasteiger partial charge in [-0.3, -0.25) is 4.72 Å². The van der Waals surface area contributed by atoms with Crippen LogP contribution in [-0.4, -0.2) is 39.7 Å². The molecular formula is C17H18N4O4S. The molecule has 0 aliphatic carbocycles. The molecule has 3 rings (SSSR count). The number of thiol groups is 1. The van der Waals surface area contributed by atoms with Gasteiger partial charge >= 0.3 is 0 Å². The normalized spacial score (nSPS) is 10.8. The van der Waals surface area contributed by atoms with Crippen molar-refractivity contribution < 1.29 is 17.9 Å². The molecule has 0 saturated heterocycles. The molecule has 0 bridgehead atoms. The lowest BCUT2D eigenvalue weighted by molar-refractivity contribution is 0.356. The van der Waals surface area contributed by atoms with Crippen molar-refractivity contribution in [2.45, 2.75) is 0 Å². The van der Waals surface area contributed by atoms with Gasteiger partial charge in [0, 0.05) is 29.9 Å². The van der Waals surface area contributed by atoms with Crippen LogP contribution in [0.25, 0.3) is 10.9 Å². The van der Waals surface area contributed by atoms with E-state index in [4.69, 9.17) is 9.47 Å². The fraction of sp³-hybridized carbons (Fsp3) is 0.176. The molecule has 0 spiro atoms. The standard InChI is InChI=1S/C17H18N4O4S/c1-21(12-6-4-11(5-7-12)20-26(22)23)17-13-8-15(24-2)16(25-3)9-14(13)18-10-19-17/h4-10,26H,1-3H3,(H,20,22,23). The third-order valence-corrected chi connectivity index (χ3v) is 4.35. The molecule has 0 fully saturated rings. The average Bonchev–Trinajstić information content (AvgIpc) is 2.65. The first-order chi connectivity index (χ1) is 12.5. The molecule has 3 aromatic rings. The van der Waals surface area contributed by atoms with E-state index in [1.165, 1.54) is 6.33 Å². The highest BCUT2D eigenvalue weighted by Crippen LogP contribution is 2.36. The van der Waals surface area contributed by atoms with Gasteiger partial charge in [0.1, 0.15) is 12.1 Å². The SMILES string of the molecule is COc1cc2ncnc(N(C)c3ccc(N[SH](=O)=O)cc3)c2cc1OC. The van der Waals surface area contributed by atoms with E-state index in [2.05, 4.69) is 14.7 Å². The number of hydrogen-bond acceptors (Lipinski definition) is 7. The summed E-state index contributed by atoms with van der Waals surface area (Å²) in [7, 11) is 2.33. The summed E-state index contributed by atoms with van der Waals surface area (Å²) in [5.74, 6) is 1.87. The van der Waals surface area contributed by atoms with Crippen molar-refractivity contribution in [3.63, 3.8) is 0 Å². The van der Waals surface area contributed by atoms with Gasteiger partial charge in [0.25, 0.3) is 0 Å². The average molecular weight is 374 g/mol. The predicted molar refractivity (Wildman–Crippen MR) is 101 cm³/mol. The number of nitrogens with zero attached hydrogens (tertiary/aromatic N) is 3. The molecule has 136 valence electrons. The van der Waals surface area contributed by atoms with Crippen LogP contribution >= 0.6 is 0 Å². The van der Waals surface area contributed by atoms with E-state index >= 15 is 0 Å². The zero-order valence-electron chi connectivity index (χ0n) is 14.5. The highest BCUT2D eigenvalue weighted by molar-refractivity contribution is 7.73. The second kappa shape index (κ2) is 7.44. The van der Waals surface area contributed by atoms with Gasteiger partial charge in [-0.15, -0.1) is 0 Å².